The van der Waals surface area contributed by atoms with Gasteiger partial charge in [0.2, 0.25) is 5.91 Å². The van der Waals surface area contributed by atoms with Crippen LogP contribution in [-0.4, -0.2) is 39.7 Å². The van der Waals surface area contributed by atoms with E-state index >= 15 is 0 Å². The Bertz CT molecular complexity index is 488. The van der Waals surface area contributed by atoms with Crippen molar-refractivity contribution in [3.63, 3.8) is 0 Å². The van der Waals surface area contributed by atoms with Gasteiger partial charge in [0.1, 0.15) is 6.54 Å². The van der Waals surface area contributed by atoms with Gasteiger partial charge in [0.05, 0.1) is 5.60 Å². The molecule has 0 aliphatic heterocycles. The number of rotatable bonds is 4. The first-order valence-electron chi connectivity index (χ1n) is 5.61. The van der Waals surface area contributed by atoms with Crippen molar-refractivity contribution in [1.29, 1.82) is 0 Å². The van der Waals surface area contributed by atoms with Gasteiger partial charge in [0.15, 0.2) is 0 Å². The van der Waals surface area contributed by atoms with Crippen molar-refractivity contribution in [3.8, 4) is 0 Å². The lowest BCUT2D eigenvalue weighted by atomic mass is 10.1. The van der Waals surface area contributed by atoms with E-state index in [1.165, 1.54) is 27.8 Å². The van der Waals surface area contributed by atoms with Crippen LogP contribution in [0.5, 0.6) is 0 Å². The largest absolute Gasteiger partial charge is 0.398 e. The van der Waals surface area contributed by atoms with Crippen LogP contribution < -0.4 is 11.3 Å². The first-order chi connectivity index (χ1) is 8.19. The van der Waals surface area contributed by atoms with Crippen molar-refractivity contribution in [3.05, 3.63) is 28.7 Å². The van der Waals surface area contributed by atoms with Gasteiger partial charge in [-0.05, 0) is 19.9 Å². The lowest BCUT2D eigenvalue weighted by molar-refractivity contribution is -0.133. The van der Waals surface area contributed by atoms with Crippen LogP contribution in [0.3, 0.4) is 0 Å². The molecule has 1 aromatic rings. The van der Waals surface area contributed by atoms with Gasteiger partial charge in [0.25, 0.3) is 5.56 Å². The van der Waals surface area contributed by atoms with E-state index in [9.17, 15) is 14.7 Å². The molecule has 0 unspecified atom stereocenters. The summed E-state index contributed by atoms with van der Waals surface area (Å²) >= 11 is 0. The Morgan fingerprint density at radius 2 is 2.11 bits per heavy atom. The Labute approximate surface area is 106 Å². The predicted octanol–water partition coefficient (Wildman–Crippen LogP) is -0.340. The molecule has 0 bridgehead atoms. The number of nitrogen functional groups attached to an aromatic ring is 1. The molecule has 0 saturated carbocycles. The lowest BCUT2D eigenvalue weighted by Crippen LogP contribution is -2.42. The molecule has 6 heteroatoms. The molecule has 3 N–H and O–H groups in total. The predicted molar refractivity (Wildman–Crippen MR) is 69.0 cm³/mol. The normalized spacial score (nSPS) is 11.3. The molecule has 0 fully saturated rings. The van der Waals surface area contributed by atoms with Crippen LogP contribution in [0.2, 0.25) is 0 Å². The lowest BCUT2D eigenvalue weighted by Gasteiger charge is -2.25. The third kappa shape index (κ3) is 4.21. The third-order valence-corrected chi connectivity index (χ3v) is 2.36. The first kappa shape index (κ1) is 14.2. The van der Waals surface area contributed by atoms with Crippen molar-refractivity contribution >= 4 is 11.6 Å². The summed E-state index contributed by atoms with van der Waals surface area (Å²) in [5.74, 6) is -0.259. The minimum atomic E-state index is -0.967. The molecule has 1 amide bonds. The molecule has 0 atom stereocenters. The van der Waals surface area contributed by atoms with Crippen LogP contribution in [0.1, 0.15) is 13.8 Å². The zero-order chi connectivity index (χ0) is 13.9. The molecule has 0 aliphatic carbocycles. The zero-order valence-electron chi connectivity index (χ0n) is 10.9. The number of hydrogen-bond acceptors (Lipinski definition) is 4. The molecule has 0 saturated heterocycles. The topological polar surface area (TPSA) is 88.6 Å². The van der Waals surface area contributed by atoms with E-state index < -0.39 is 5.60 Å². The van der Waals surface area contributed by atoms with Crippen molar-refractivity contribution in [2.75, 3.05) is 19.3 Å². The third-order valence-electron chi connectivity index (χ3n) is 2.36. The molecule has 0 spiro atoms. The van der Waals surface area contributed by atoms with Crippen molar-refractivity contribution in [2.45, 2.75) is 26.0 Å². The molecule has 100 valence electrons. The summed E-state index contributed by atoms with van der Waals surface area (Å²) < 4.78 is 1.25. The second-order valence-electron chi connectivity index (χ2n) is 4.99. The number of nitrogens with two attached hydrogens (primary N) is 1. The summed E-state index contributed by atoms with van der Waals surface area (Å²) in [5, 5.41) is 9.62. The number of amides is 1. The second kappa shape index (κ2) is 5.22. The summed E-state index contributed by atoms with van der Waals surface area (Å²) in [7, 11) is 1.58. The highest BCUT2D eigenvalue weighted by Crippen LogP contribution is 2.04. The van der Waals surface area contributed by atoms with Gasteiger partial charge in [-0.3, -0.25) is 9.59 Å². The second-order valence-corrected chi connectivity index (χ2v) is 4.99. The molecular weight excluding hydrogens is 234 g/mol. The van der Waals surface area contributed by atoms with Gasteiger partial charge in [-0.25, -0.2) is 0 Å². The molecule has 1 heterocycles. The van der Waals surface area contributed by atoms with E-state index in [0.29, 0.717) is 5.69 Å². The standard InChI is InChI=1S/C12H19N3O3/c1-12(2,18)8-14(3)11(17)7-15-6-9(13)4-5-10(15)16/h4-6,18H,7-8,13H2,1-3H3. The number of anilines is 1. The SMILES string of the molecule is CN(CC(C)(C)O)C(=O)Cn1cc(N)ccc1=O. The number of carbonyl (C=O) groups is 1. The van der Waals surface area contributed by atoms with Crippen LogP contribution in [0.25, 0.3) is 0 Å². The number of nitrogens with zero attached hydrogens (tertiary/aromatic N) is 2. The van der Waals surface area contributed by atoms with E-state index in [4.69, 9.17) is 5.73 Å². The first-order valence-corrected chi connectivity index (χ1v) is 5.61. The van der Waals surface area contributed by atoms with Crippen LogP contribution in [0, 0.1) is 0 Å². The molecule has 0 aromatic carbocycles. The summed E-state index contributed by atoms with van der Waals surface area (Å²) in [6.45, 7) is 3.34. The van der Waals surface area contributed by atoms with Crippen LogP contribution in [0.15, 0.2) is 23.1 Å². The smallest absolute Gasteiger partial charge is 0.251 e. The molecule has 18 heavy (non-hydrogen) atoms. The fraction of sp³-hybridized carbons (Fsp3) is 0.500. The molecule has 1 rings (SSSR count). The Kier molecular flexibility index (Phi) is 4.13. The van der Waals surface area contributed by atoms with Gasteiger partial charge in [-0.2, -0.15) is 0 Å². The average Bonchev–Trinajstić information content (AvgIpc) is 2.21. The Morgan fingerprint density at radius 1 is 1.50 bits per heavy atom. The number of pyridine rings is 1. The van der Waals surface area contributed by atoms with Gasteiger partial charge < -0.3 is 20.3 Å². The maximum atomic E-state index is 11.9. The van der Waals surface area contributed by atoms with Gasteiger partial charge >= 0.3 is 0 Å². The molecule has 1 aromatic heterocycles. The number of aromatic nitrogens is 1. The molecule has 6 nitrogen and oxygen atoms in total. The summed E-state index contributed by atoms with van der Waals surface area (Å²) in [6.07, 6.45) is 1.43. The minimum Gasteiger partial charge on any atom is -0.398 e. The highest BCUT2D eigenvalue weighted by atomic mass is 16.3. The Hall–Kier alpha value is -1.82. The average molecular weight is 253 g/mol. The number of likely N-dealkylation sites (N-methyl/N-ethyl adjacent to an activating group) is 1. The fourth-order valence-corrected chi connectivity index (χ4v) is 1.61. The molecule has 0 aliphatic rings. The Balaban J connectivity index is 2.76. The van der Waals surface area contributed by atoms with E-state index in [-0.39, 0.29) is 24.6 Å². The van der Waals surface area contributed by atoms with Crippen molar-refractivity contribution < 1.29 is 9.90 Å². The Morgan fingerprint density at radius 3 is 2.67 bits per heavy atom. The fourth-order valence-electron chi connectivity index (χ4n) is 1.61. The number of aliphatic hydroxyl groups is 1. The highest BCUT2D eigenvalue weighted by molar-refractivity contribution is 5.75. The molecule has 0 radical (unpaired) electrons. The van der Waals surface area contributed by atoms with E-state index in [1.807, 2.05) is 0 Å². The number of carbonyl (C=O) groups excluding carboxylic acids is 1. The van der Waals surface area contributed by atoms with Gasteiger partial charge in [-0.1, -0.05) is 0 Å². The van der Waals surface area contributed by atoms with Crippen LogP contribution in [-0.2, 0) is 11.3 Å². The maximum Gasteiger partial charge on any atom is 0.251 e. The molecular formula is C12H19N3O3. The van der Waals surface area contributed by atoms with Gasteiger partial charge in [-0.15, -0.1) is 0 Å². The maximum absolute atomic E-state index is 11.9. The van der Waals surface area contributed by atoms with E-state index in [1.54, 1.807) is 20.9 Å². The summed E-state index contributed by atoms with van der Waals surface area (Å²) in [6, 6.07) is 2.81. The summed E-state index contributed by atoms with van der Waals surface area (Å²) in [4.78, 5) is 24.8. The quantitative estimate of drug-likeness (QED) is 0.768. The van der Waals surface area contributed by atoms with Crippen molar-refractivity contribution in [2.24, 2.45) is 0 Å². The zero-order valence-corrected chi connectivity index (χ0v) is 10.9. The monoisotopic (exact) mass is 253 g/mol. The van der Waals surface area contributed by atoms with Crippen LogP contribution >= 0.6 is 0 Å². The number of hydrogen-bond donors (Lipinski definition) is 2. The van der Waals surface area contributed by atoms with Crippen LogP contribution in [0.4, 0.5) is 5.69 Å². The summed E-state index contributed by atoms with van der Waals surface area (Å²) in [5.41, 5.74) is 4.73. The highest BCUT2D eigenvalue weighted by Gasteiger charge is 2.19. The van der Waals surface area contributed by atoms with E-state index in [0.717, 1.165) is 0 Å². The minimum absolute atomic E-state index is 0.0869. The van der Waals surface area contributed by atoms with E-state index in [2.05, 4.69) is 0 Å². The van der Waals surface area contributed by atoms with Gasteiger partial charge in [0, 0.05) is 31.5 Å². The van der Waals surface area contributed by atoms with Crippen molar-refractivity contribution in [1.82, 2.24) is 9.47 Å².